The molecule has 1 aromatic heterocycles. The minimum atomic E-state index is -0.896. The summed E-state index contributed by atoms with van der Waals surface area (Å²) in [6, 6.07) is 12.0. The van der Waals surface area contributed by atoms with Gasteiger partial charge in [-0.25, -0.2) is 20.7 Å². The molecule has 8 nitrogen and oxygen atoms in total. The van der Waals surface area contributed by atoms with Gasteiger partial charge in [-0.2, -0.15) is 0 Å². The number of nitrogens with zero attached hydrogens (tertiary/aromatic N) is 2. The number of benzene rings is 2. The zero-order valence-corrected chi connectivity index (χ0v) is 17.8. The fraction of sp³-hybridized carbons (Fsp3) is 0.227. The van der Waals surface area contributed by atoms with E-state index in [0.717, 1.165) is 5.57 Å². The van der Waals surface area contributed by atoms with E-state index in [1.165, 1.54) is 6.20 Å². The SMILES string of the molecule is CC(C)=CC(Oc1ccc(Oc2cnc3cc(Cl)ccc3n2)cc1)C(=O)OCCON. The largest absolute Gasteiger partial charge is 0.475 e. The quantitative estimate of drug-likeness (QED) is 0.227. The lowest BCUT2D eigenvalue weighted by molar-refractivity contribution is -0.151. The predicted molar refractivity (Wildman–Crippen MR) is 116 cm³/mol. The highest BCUT2D eigenvalue weighted by atomic mass is 35.5. The maximum atomic E-state index is 12.3. The zero-order valence-electron chi connectivity index (χ0n) is 17.1. The lowest BCUT2D eigenvalue weighted by Crippen LogP contribution is -2.29. The van der Waals surface area contributed by atoms with Crippen molar-refractivity contribution in [1.82, 2.24) is 9.97 Å². The van der Waals surface area contributed by atoms with Crippen molar-refractivity contribution >= 4 is 28.6 Å². The van der Waals surface area contributed by atoms with E-state index >= 15 is 0 Å². The zero-order chi connectivity index (χ0) is 22.2. The number of halogens is 1. The number of ether oxygens (including phenoxy) is 3. The van der Waals surface area contributed by atoms with Gasteiger partial charge in [0.2, 0.25) is 12.0 Å². The molecule has 0 aliphatic rings. The van der Waals surface area contributed by atoms with Crippen LogP contribution < -0.4 is 15.4 Å². The number of hydrogen-bond acceptors (Lipinski definition) is 8. The van der Waals surface area contributed by atoms with E-state index in [2.05, 4.69) is 14.8 Å². The van der Waals surface area contributed by atoms with Gasteiger partial charge in [0.05, 0.1) is 17.2 Å². The van der Waals surface area contributed by atoms with Crippen LogP contribution in [0.4, 0.5) is 0 Å². The highest BCUT2D eigenvalue weighted by Gasteiger charge is 2.19. The smallest absolute Gasteiger partial charge is 0.351 e. The van der Waals surface area contributed by atoms with Crippen molar-refractivity contribution in [3.8, 4) is 17.4 Å². The molecule has 1 atom stereocenters. The second kappa shape index (κ2) is 10.7. The van der Waals surface area contributed by atoms with Gasteiger partial charge in [-0.05, 0) is 62.4 Å². The van der Waals surface area contributed by atoms with E-state index in [0.29, 0.717) is 33.4 Å². The molecule has 3 aromatic rings. The second-order valence-electron chi connectivity index (χ2n) is 6.74. The lowest BCUT2D eigenvalue weighted by atomic mass is 10.2. The predicted octanol–water partition coefficient (Wildman–Crippen LogP) is 4.22. The molecule has 1 unspecified atom stereocenters. The van der Waals surface area contributed by atoms with Gasteiger partial charge in [0.1, 0.15) is 24.7 Å². The van der Waals surface area contributed by atoms with Gasteiger partial charge >= 0.3 is 5.97 Å². The molecule has 0 aliphatic heterocycles. The van der Waals surface area contributed by atoms with Crippen LogP contribution >= 0.6 is 11.6 Å². The molecule has 0 spiro atoms. The lowest BCUT2D eigenvalue weighted by Gasteiger charge is -2.16. The van der Waals surface area contributed by atoms with Gasteiger partial charge in [0, 0.05) is 5.02 Å². The van der Waals surface area contributed by atoms with Gasteiger partial charge in [-0.1, -0.05) is 17.2 Å². The van der Waals surface area contributed by atoms with Gasteiger partial charge in [0.25, 0.3) is 0 Å². The molecule has 31 heavy (non-hydrogen) atoms. The Morgan fingerprint density at radius 3 is 2.55 bits per heavy atom. The number of aromatic nitrogens is 2. The second-order valence-corrected chi connectivity index (χ2v) is 7.17. The summed E-state index contributed by atoms with van der Waals surface area (Å²) in [5, 5.41) is 0.592. The van der Waals surface area contributed by atoms with Crippen LogP contribution in [0.15, 0.2) is 60.3 Å². The van der Waals surface area contributed by atoms with E-state index in [-0.39, 0.29) is 13.2 Å². The third kappa shape index (κ3) is 6.65. The summed E-state index contributed by atoms with van der Waals surface area (Å²) in [4.78, 5) is 25.4. The van der Waals surface area contributed by atoms with Crippen LogP contribution in [0.1, 0.15) is 13.8 Å². The third-order valence-electron chi connectivity index (χ3n) is 3.95. The van der Waals surface area contributed by atoms with Crippen LogP contribution in [0.2, 0.25) is 5.02 Å². The Labute approximate surface area is 184 Å². The minimum absolute atomic E-state index is 0.0393. The molecule has 0 radical (unpaired) electrons. The molecule has 3 rings (SSSR count). The molecule has 0 fully saturated rings. The van der Waals surface area contributed by atoms with Crippen molar-refractivity contribution in [2.24, 2.45) is 5.90 Å². The summed E-state index contributed by atoms with van der Waals surface area (Å²) in [7, 11) is 0. The van der Waals surface area contributed by atoms with E-state index in [9.17, 15) is 4.79 Å². The Hall–Kier alpha value is -3.20. The normalized spacial score (nSPS) is 11.6. The highest BCUT2D eigenvalue weighted by Crippen LogP contribution is 2.25. The topological polar surface area (TPSA) is 106 Å². The molecule has 1 heterocycles. The number of carbonyl (C=O) groups is 1. The first kappa shape index (κ1) is 22.5. The first-order valence-electron chi connectivity index (χ1n) is 9.45. The standard InChI is InChI=1S/C22H22ClN3O5/c1-14(2)11-20(22(27)28-9-10-29-24)30-16-4-6-17(7-5-16)31-21-13-25-19-12-15(23)3-8-18(19)26-21/h3-8,11-13,20H,9-10,24H2,1-2H3. The first-order valence-corrected chi connectivity index (χ1v) is 9.82. The van der Waals surface area contributed by atoms with Gasteiger partial charge in [-0.3, -0.25) is 0 Å². The average Bonchev–Trinajstić information content (AvgIpc) is 2.74. The van der Waals surface area contributed by atoms with Crippen molar-refractivity contribution in [3.63, 3.8) is 0 Å². The molecule has 0 saturated heterocycles. The Morgan fingerprint density at radius 1 is 1.10 bits per heavy atom. The first-order chi connectivity index (χ1) is 14.9. The molecule has 0 amide bonds. The average molecular weight is 444 g/mol. The highest BCUT2D eigenvalue weighted by molar-refractivity contribution is 6.31. The van der Waals surface area contributed by atoms with E-state index in [1.807, 2.05) is 13.8 Å². The molecule has 0 aliphatic carbocycles. The van der Waals surface area contributed by atoms with Crippen LogP contribution in [-0.4, -0.2) is 35.3 Å². The maximum absolute atomic E-state index is 12.3. The Balaban J connectivity index is 1.67. The number of hydrogen-bond donors (Lipinski definition) is 1. The number of carbonyl (C=O) groups excluding carboxylic acids is 1. The van der Waals surface area contributed by atoms with Crippen molar-refractivity contribution < 1.29 is 23.8 Å². The molecular formula is C22H22ClN3O5. The van der Waals surface area contributed by atoms with Crippen molar-refractivity contribution in [2.45, 2.75) is 20.0 Å². The molecule has 162 valence electrons. The van der Waals surface area contributed by atoms with E-state index in [4.69, 9.17) is 31.7 Å². The Morgan fingerprint density at radius 2 is 1.84 bits per heavy atom. The van der Waals surface area contributed by atoms with Crippen molar-refractivity contribution in [3.05, 3.63) is 65.3 Å². The van der Waals surface area contributed by atoms with Gasteiger partial charge in [0.15, 0.2) is 0 Å². The fourth-order valence-electron chi connectivity index (χ4n) is 2.60. The minimum Gasteiger partial charge on any atom is -0.475 e. The summed E-state index contributed by atoms with van der Waals surface area (Å²) < 4.78 is 16.6. The maximum Gasteiger partial charge on any atom is 0.351 e. The summed E-state index contributed by atoms with van der Waals surface area (Å²) in [5.41, 5.74) is 2.26. The summed E-state index contributed by atoms with van der Waals surface area (Å²) in [6.07, 6.45) is 2.30. The molecule has 2 aromatic carbocycles. The van der Waals surface area contributed by atoms with Crippen LogP contribution in [0.25, 0.3) is 11.0 Å². The van der Waals surface area contributed by atoms with Crippen LogP contribution in [0.3, 0.4) is 0 Å². The van der Waals surface area contributed by atoms with E-state index < -0.39 is 12.1 Å². The van der Waals surface area contributed by atoms with Gasteiger partial charge < -0.3 is 19.0 Å². The van der Waals surface area contributed by atoms with Crippen LogP contribution in [0.5, 0.6) is 17.4 Å². The number of rotatable bonds is 9. The molecule has 0 bridgehead atoms. The number of fused-ring (bicyclic) bond motifs is 1. The van der Waals surface area contributed by atoms with Gasteiger partial charge in [-0.15, -0.1) is 0 Å². The third-order valence-corrected chi connectivity index (χ3v) is 4.19. The summed E-state index contributed by atoms with van der Waals surface area (Å²) in [5.74, 6) is 5.76. The fourth-order valence-corrected chi connectivity index (χ4v) is 2.76. The summed E-state index contributed by atoms with van der Waals surface area (Å²) >= 11 is 5.96. The van der Waals surface area contributed by atoms with Crippen LogP contribution in [-0.2, 0) is 14.4 Å². The number of allylic oxidation sites excluding steroid dienone is 1. The van der Waals surface area contributed by atoms with Crippen molar-refractivity contribution in [2.75, 3.05) is 13.2 Å². The monoisotopic (exact) mass is 443 g/mol. The number of esters is 1. The molecule has 9 heteroatoms. The molecule has 2 N–H and O–H groups in total. The van der Waals surface area contributed by atoms with E-state index in [1.54, 1.807) is 48.5 Å². The molecular weight excluding hydrogens is 422 g/mol. The Bertz CT molecular complexity index is 1070. The number of nitrogens with two attached hydrogens (primary N) is 1. The Kier molecular flexibility index (Phi) is 7.77. The summed E-state index contributed by atoms with van der Waals surface area (Å²) in [6.45, 7) is 3.87. The van der Waals surface area contributed by atoms with Crippen LogP contribution in [0, 0.1) is 0 Å². The molecule has 0 saturated carbocycles. The van der Waals surface area contributed by atoms with Crippen molar-refractivity contribution in [1.29, 1.82) is 0 Å².